The monoisotopic (exact) mass is 696 g/mol. The van der Waals surface area contributed by atoms with Gasteiger partial charge in [-0.1, -0.05) is 38.1 Å². The van der Waals surface area contributed by atoms with E-state index in [4.69, 9.17) is 5.73 Å². The van der Waals surface area contributed by atoms with E-state index in [1.807, 2.05) is 44.4 Å². The molecule has 0 atom stereocenters. The molecule has 5 N–H and O–H groups in total. The van der Waals surface area contributed by atoms with Crippen LogP contribution in [0.1, 0.15) is 68.7 Å². The van der Waals surface area contributed by atoms with E-state index < -0.39 is 5.91 Å². The zero-order valence-corrected chi connectivity index (χ0v) is 30.1. The second-order valence-electron chi connectivity index (χ2n) is 12.9. The summed E-state index contributed by atoms with van der Waals surface area (Å²) in [6, 6.07) is 12.9. The van der Waals surface area contributed by atoms with Gasteiger partial charge in [0.05, 0.1) is 11.4 Å². The number of anilines is 2. The molecule has 262 valence electrons. The van der Waals surface area contributed by atoms with E-state index in [0.29, 0.717) is 58.2 Å². The Bertz CT molecular complexity index is 2040. The van der Waals surface area contributed by atoms with Crippen LogP contribution in [0.5, 0.6) is 0 Å². The molecule has 0 spiro atoms. The summed E-state index contributed by atoms with van der Waals surface area (Å²) in [6.07, 6.45) is 7.50. The molecule has 0 aliphatic rings. The van der Waals surface area contributed by atoms with Gasteiger partial charge >= 0.3 is 0 Å². The minimum atomic E-state index is -0.414. The highest BCUT2D eigenvalue weighted by molar-refractivity contribution is 7.16. The number of hydrogen-bond donors (Lipinski definition) is 4. The molecule has 0 saturated carbocycles. The molecule has 0 saturated heterocycles. The van der Waals surface area contributed by atoms with Crippen molar-refractivity contribution in [1.29, 1.82) is 0 Å². The molecule has 0 unspecified atom stereocenters. The summed E-state index contributed by atoms with van der Waals surface area (Å²) in [6.45, 7) is 5.65. The normalized spacial score (nSPS) is 11.8. The topological polar surface area (TPSA) is 165 Å². The van der Waals surface area contributed by atoms with Crippen molar-refractivity contribution >= 4 is 62.2 Å². The molecule has 5 aromatic rings. The highest BCUT2D eigenvalue weighted by Gasteiger charge is 2.22. The van der Waals surface area contributed by atoms with Crippen molar-refractivity contribution in [2.75, 3.05) is 37.8 Å². The largest absolute Gasteiger partial charge is 0.382 e. The van der Waals surface area contributed by atoms with E-state index in [9.17, 15) is 14.4 Å². The molecule has 0 aliphatic heterocycles. The zero-order valence-electron chi connectivity index (χ0n) is 29.3. The number of thiazole rings is 1. The van der Waals surface area contributed by atoms with Crippen LogP contribution in [-0.2, 0) is 20.5 Å². The molecular weight excluding hydrogens is 653 g/mol. The van der Waals surface area contributed by atoms with E-state index in [-0.39, 0.29) is 17.6 Å². The van der Waals surface area contributed by atoms with Crippen molar-refractivity contribution in [3.8, 4) is 0 Å². The number of nitrogens with one attached hydrogen (secondary N) is 3. The summed E-state index contributed by atoms with van der Waals surface area (Å²) >= 11 is 1.31. The maximum absolute atomic E-state index is 13.4. The molecule has 0 radical (unpaired) electrons. The van der Waals surface area contributed by atoms with Crippen molar-refractivity contribution < 1.29 is 14.4 Å². The Labute approximate surface area is 295 Å². The number of amidine groups is 1. The Morgan fingerprint density at radius 2 is 1.66 bits per heavy atom. The van der Waals surface area contributed by atoms with Crippen LogP contribution in [0.3, 0.4) is 0 Å². The van der Waals surface area contributed by atoms with Gasteiger partial charge in [-0.15, -0.1) is 11.3 Å². The number of carbonyl (C=O) groups excluding carboxylic acids is 3. The van der Waals surface area contributed by atoms with E-state index in [0.717, 1.165) is 35.0 Å². The molecule has 50 heavy (non-hydrogen) atoms. The Balaban J connectivity index is 1.25. The Kier molecular flexibility index (Phi) is 11.4. The minimum Gasteiger partial charge on any atom is -0.382 e. The lowest BCUT2D eigenvalue weighted by atomic mass is 10.1. The highest BCUT2D eigenvalue weighted by Crippen LogP contribution is 2.27. The van der Waals surface area contributed by atoms with Crippen LogP contribution in [-0.4, -0.2) is 74.7 Å². The molecule has 1 aromatic carbocycles. The van der Waals surface area contributed by atoms with Gasteiger partial charge in [0.15, 0.2) is 5.13 Å². The first kappa shape index (κ1) is 36.0. The quantitative estimate of drug-likeness (QED) is 0.0706. The van der Waals surface area contributed by atoms with Crippen molar-refractivity contribution in [2.24, 2.45) is 30.7 Å². The fourth-order valence-electron chi connectivity index (χ4n) is 5.32. The Hall–Kier alpha value is -5.34. The number of rotatable bonds is 14. The number of aromatic nitrogens is 4. The van der Waals surface area contributed by atoms with Crippen LogP contribution in [0.4, 0.5) is 16.5 Å². The zero-order chi connectivity index (χ0) is 35.9. The van der Waals surface area contributed by atoms with Gasteiger partial charge in [0.2, 0.25) is 0 Å². The predicted octanol–water partition coefficient (Wildman–Crippen LogP) is 5.18. The number of nitrogens with zero attached hydrogens (tertiary/aromatic N) is 6. The summed E-state index contributed by atoms with van der Waals surface area (Å²) < 4.78 is 3.27. The molecular formula is C36H44N10O3S. The second-order valence-corrected chi connectivity index (χ2v) is 14.0. The molecule has 5 rings (SSSR count). The van der Waals surface area contributed by atoms with Crippen molar-refractivity contribution in [1.82, 2.24) is 29.3 Å². The number of aryl methyl sites for hydroxylation is 3. The van der Waals surface area contributed by atoms with Crippen LogP contribution in [0.2, 0.25) is 0 Å². The molecule has 14 heteroatoms. The van der Waals surface area contributed by atoms with E-state index in [2.05, 4.69) is 49.7 Å². The van der Waals surface area contributed by atoms with Gasteiger partial charge in [0, 0.05) is 49.5 Å². The summed E-state index contributed by atoms with van der Waals surface area (Å²) in [5.41, 5.74) is 8.74. The third-order valence-electron chi connectivity index (χ3n) is 8.01. The van der Waals surface area contributed by atoms with Crippen LogP contribution < -0.4 is 21.7 Å². The van der Waals surface area contributed by atoms with Gasteiger partial charge in [-0.2, -0.15) is 0 Å². The minimum absolute atomic E-state index is 0.229. The SMILES string of the molecule is CC(C)CCc1sc(NC(=O)c2cc(NC(=O)c3cc(N=C(N)c4cc5ccccc5cn4)cn3C)cn2C)nc1C(=O)NCCCN(C)C. The van der Waals surface area contributed by atoms with Gasteiger partial charge in [-0.3, -0.25) is 24.7 Å². The number of nitrogens with two attached hydrogens (primary N) is 1. The summed E-state index contributed by atoms with van der Waals surface area (Å²) in [5, 5.41) is 11.0. The first-order valence-electron chi connectivity index (χ1n) is 16.4. The summed E-state index contributed by atoms with van der Waals surface area (Å²) in [4.78, 5) is 56.0. The maximum atomic E-state index is 13.4. The number of amides is 3. The molecule has 3 amide bonds. The van der Waals surface area contributed by atoms with Crippen molar-refractivity contribution in [3.63, 3.8) is 0 Å². The smallest absolute Gasteiger partial charge is 0.274 e. The van der Waals surface area contributed by atoms with Crippen LogP contribution in [0, 0.1) is 5.92 Å². The number of carbonyl (C=O) groups is 3. The van der Waals surface area contributed by atoms with Crippen LogP contribution in [0.25, 0.3) is 10.8 Å². The van der Waals surface area contributed by atoms with Gasteiger partial charge in [0.1, 0.15) is 28.6 Å². The van der Waals surface area contributed by atoms with E-state index in [1.54, 1.807) is 54.0 Å². The molecule has 4 heterocycles. The van der Waals surface area contributed by atoms with Gasteiger partial charge < -0.3 is 30.4 Å². The number of aliphatic imine (C=N–C) groups is 1. The summed E-state index contributed by atoms with van der Waals surface area (Å²) in [7, 11) is 7.43. The number of benzene rings is 1. The maximum Gasteiger partial charge on any atom is 0.274 e. The van der Waals surface area contributed by atoms with Crippen molar-refractivity contribution in [2.45, 2.75) is 33.1 Å². The van der Waals surface area contributed by atoms with Gasteiger partial charge in [-0.25, -0.2) is 9.98 Å². The number of hydrogen-bond acceptors (Lipinski definition) is 8. The van der Waals surface area contributed by atoms with Gasteiger partial charge in [-0.05, 0) is 69.4 Å². The first-order chi connectivity index (χ1) is 23.9. The highest BCUT2D eigenvalue weighted by atomic mass is 32.1. The summed E-state index contributed by atoms with van der Waals surface area (Å²) in [5.74, 6) is -0.366. The van der Waals surface area contributed by atoms with E-state index in [1.165, 1.54) is 11.3 Å². The Morgan fingerprint density at radius 1 is 0.960 bits per heavy atom. The predicted molar refractivity (Wildman–Crippen MR) is 200 cm³/mol. The molecule has 4 aromatic heterocycles. The standard InChI is InChI=1S/C36H44N10O3S/c1-22(2)12-13-30-31(35(49)38-14-9-15-44(3)4)42-36(50-30)43-34(48)29-18-26(21-46(29)6)41-33(47)28-17-25(20-45(28)5)40-32(37)27-16-23-10-7-8-11-24(23)19-39-27/h7-8,10-11,16-22H,9,12-15H2,1-6H3,(H2,37,40)(H,38,49)(H,41,47)(H,42,43,48). The molecule has 0 bridgehead atoms. The average Bonchev–Trinajstić information content (AvgIpc) is 3.77. The second kappa shape index (κ2) is 15.9. The molecule has 13 nitrogen and oxygen atoms in total. The number of pyridine rings is 1. The van der Waals surface area contributed by atoms with Gasteiger partial charge in [0.25, 0.3) is 17.7 Å². The Morgan fingerprint density at radius 3 is 2.40 bits per heavy atom. The molecule has 0 fully saturated rings. The first-order valence-corrected chi connectivity index (χ1v) is 17.3. The third kappa shape index (κ3) is 9.01. The van der Waals surface area contributed by atoms with E-state index >= 15 is 0 Å². The fourth-order valence-corrected chi connectivity index (χ4v) is 6.29. The van der Waals surface area contributed by atoms with Crippen LogP contribution in [0.15, 0.2) is 66.0 Å². The lowest BCUT2D eigenvalue weighted by molar-refractivity contribution is 0.0944. The number of fused-ring (bicyclic) bond motifs is 1. The fraction of sp³-hybridized carbons (Fsp3) is 0.333. The lowest BCUT2D eigenvalue weighted by Crippen LogP contribution is -2.28. The third-order valence-corrected chi connectivity index (χ3v) is 9.04. The van der Waals surface area contributed by atoms with Crippen LogP contribution >= 0.6 is 11.3 Å². The lowest BCUT2D eigenvalue weighted by Gasteiger charge is -2.10. The average molecular weight is 697 g/mol. The molecule has 0 aliphatic carbocycles. The van der Waals surface area contributed by atoms with Crippen molar-refractivity contribution in [3.05, 3.63) is 88.7 Å².